The molecule has 1 aromatic heterocycles. The molecule has 0 bridgehead atoms. The molecule has 1 heterocycles. The number of pyridine rings is 1. The summed E-state index contributed by atoms with van der Waals surface area (Å²) in [4.78, 5) is 13.8. The molecule has 0 aliphatic rings. The predicted octanol–water partition coefficient (Wildman–Crippen LogP) is 2.22. The van der Waals surface area contributed by atoms with Crippen molar-refractivity contribution in [2.75, 3.05) is 0 Å². The summed E-state index contributed by atoms with van der Waals surface area (Å²) >= 11 is 5.60. The lowest BCUT2D eigenvalue weighted by Crippen LogP contribution is -1.97. The van der Waals surface area contributed by atoms with E-state index in [1.54, 1.807) is 6.92 Å². The van der Waals surface area contributed by atoms with Gasteiger partial charge in [-0.15, -0.1) is 0 Å². The summed E-state index contributed by atoms with van der Waals surface area (Å²) in [6.45, 7) is 1.54. The Hall–Kier alpha value is -2.11. The third-order valence-corrected chi connectivity index (χ3v) is 2.11. The Balaban J connectivity index is 3.27. The minimum atomic E-state index is -0.597. The Morgan fingerprint density at radius 2 is 2.38 bits per heavy atom. The van der Waals surface area contributed by atoms with Crippen molar-refractivity contribution >= 4 is 17.3 Å². The number of hydrogen-bond donors (Lipinski definition) is 0. The average molecular weight is 236 g/mol. The normalized spacial score (nSPS) is 8.81. The van der Waals surface area contributed by atoms with Crippen molar-refractivity contribution < 1.29 is 4.92 Å². The van der Waals surface area contributed by atoms with Gasteiger partial charge in [0.1, 0.15) is 0 Å². The van der Waals surface area contributed by atoms with Crippen molar-refractivity contribution in [2.45, 2.75) is 13.3 Å². The van der Waals surface area contributed by atoms with Crippen molar-refractivity contribution in [1.82, 2.24) is 4.98 Å². The summed E-state index contributed by atoms with van der Waals surface area (Å²) in [5.74, 6) is 5.20. The summed E-state index contributed by atoms with van der Waals surface area (Å²) < 4.78 is 0. The summed E-state index contributed by atoms with van der Waals surface area (Å²) in [7, 11) is 0. The first-order valence-corrected chi connectivity index (χ1v) is 4.61. The molecule has 1 rings (SSSR count). The fourth-order valence-electron chi connectivity index (χ4n) is 1.08. The van der Waals surface area contributed by atoms with Crippen molar-refractivity contribution in [3.8, 4) is 17.9 Å². The molecular weight excluding hydrogens is 230 g/mol. The molecule has 0 amide bonds. The van der Waals surface area contributed by atoms with Crippen LogP contribution in [-0.2, 0) is 0 Å². The van der Waals surface area contributed by atoms with Crippen LogP contribution in [0.4, 0.5) is 5.69 Å². The molecule has 0 N–H and O–H groups in total. The van der Waals surface area contributed by atoms with Crippen LogP contribution in [0.5, 0.6) is 0 Å². The lowest BCUT2D eigenvalue weighted by Gasteiger charge is -2.00. The van der Waals surface area contributed by atoms with Gasteiger partial charge in [-0.05, 0) is 6.92 Å². The van der Waals surface area contributed by atoms with Crippen molar-refractivity contribution in [1.29, 1.82) is 5.26 Å². The van der Waals surface area contributed by atoms with E-state index in [0.29, 0.717) is 11.1 Å². The highest BCUT2D eigenvalue weighted by Crippen LogP contribution is 2.27. The summed E-state index contributed by atoms with van der Waals surface area (Å²) in [5.41, 5.74) is 0.521. The van der Waals surface area contributed by atoms with Gasteiger partial charge in [0.15, 0.2) is 0 Å². The van der Waals surface area contributed by atoms with E-state index in [2.05, 4.69) is 16.8 Å². The zero-order valence-corrected chi connectivity index (χ0v) is 9.08. The largest absolute Gasteiger partial charge is 0.310 e. The van der Waals surface area contributed by atoms with E-state index in [4.69, 9.17) is 16.9 Å². The lowest BCUT2D eigenvalue weighted by atomic mass is 10.1. The number of rotatable bonds is 1. The summed E-state index contributed by atoms with van der Waals surface area (Å²) in [6, 6.07) is 1.85. The highest BCUT2D eigenvalue weighted by Gasteiger charge is 2.19. The summed E-state index contributed by atoms with van der Waals surface area (Å²) in [6.07, 6.45) is 1.42. The van der Waals surface area contributed by atoms with Crippen LogP contribution in [0.1, 0.15) is 17.5 Å². The Bertz CT molecular complexity index is 537. The van der Waals surface area contributed by atoms with E-state index in [1.807, 2.05) is 6.07 Å². The minimum Gasteiger partial charge on any atom is -0.258 e. The third kappa shape index (κ3) is 2.47. The fourth-order valence-corrected chi connectivity index (χ4v) is 1.34. The quantitative estimate of drug-likeness (QED) is 0.324. The van der Waals surface area contributed by atoms with Crippen LogP contribution >= 0.6 is 11.6 Å². The Morgan fingerprint density at radius 3 is 2.94 bits per heavy atom. The van der Waals surface area contributed by atoms with Crippen LogP contribution in [0, 0.1) is 40.2 Å². The first-order chi connectivity index (χ1) is 7.57. The van der Waals surface area contributed by atoms with Crippen molar-refractivity contribution in [2.24, 2.45) is 0 Å². The van der Waals surface area contributed by atoms with E-state index in [0.717, 1.165) is 0 Å². The molecule has 0 saturated carbocycles. The molecule has 1 aromatic rings. The van der Waals surface area contributed by atoms with Crippen LogP contribution < -0.4 is 0 Å². The Labute approximate surface area is 96.8 Å². The third-order valence-electron chi connectivity index (χ3n) is 1.83. The summed E-state index contributed by atoms with van der Waals surface area (Å²) in [5, 5.41) is 18.8. The van der Waals surface area contributed by atoms with Gasteiger partial charge in [0, 0.05) is 11.8 Å². The maximum atomic E-state index is 10.7. The zero-order chi connectivity index (χ0) is 12.1. The molecule has 0 fully saturated rings. The predicted molar refractivity (Wildman–Crippen MR) is 57.7 cm³/mol. The molecule has 16 heavy (non-hydrogen) atoms. The first-order valence-electron chi connectivity index (χ1n) is 4.23. The van der Waals surface area contributed by atoms with E-state index in [9.17, 15) is 10.1 Å². The van der Waals surface area contributed by atoms with Crippen LogP contribution in [0.2, 0.25) is 5.15 Å². The Morgan fingerprint density at radius 1 is 1.69 bits per heavy atom. The van der Waals surface area contributed by atoms with Gasteiger partial charge in [-0.1, -0.05) is 23.4 Å². The van der Waals surface area contributed by atoms with Crippen LogP contribution in [0.25, 0.3) is 0 Å². The second kappa shape index (κ2) is 5.11. The second-order valence-corrected chi connectivity index (χ2v) is 3.19. The number of hydrogen-bond acceptors (Lipinski definition) is 4. The highest BCUT2D eigenvalue weighted by atomic mass is 35.5. The monoisotopic (exact) mass is 235 g/mol. The number of aromatic nitrogens is 1. The number of nitro groups is 1. The van der Waals surface area contributed by atoms with Crippen LogP contribution in [0.3, 0.4) is 0 Å². The van der Waals surface area contributed by atoms with E-state index < -0.39 is 4.92 Å². The topological polar surface area (TPSA) is 79.8 Å². The molecule has 80 valence electrons. The van der Waals surface area contributed by atoms with Gasteiger partial charge in [-0.3, -0.25) is 10.1 Å². The van der Waals surface area contributed by atoms with E-state index >= 15 is 0 Å². The standard InChI is InChI=1S/C10H6ClN3O2/c1-7-8(4-2-3-5-12)6-13-10(11)9(7)14(15)16/h6H,3H2,1H3. The zero-order valence-electron chi connectivity index (χ0n) is 8.32. The van der Waals surface area contributed by atoms with Crippen molar-refractivity contribution in [3.05, 3.63) is 32.6 Å². The van der Waals surface area contributed by atoms with Gasteiger partial charge in [0.25, 0.3) is 0 Å². The van der Waals surface area contributed by atoms with Gasteiger partial charge in [-0.25, -0.2) is 4.98 Å². The molecule has 0 saturated heterocycles. The van der Waals surface area contributed by atoms with Gasteiger partial charge in [0.2, 0.25) is 5.15 Å². The first kappa shape index (κ1) is 12.0. The molecule has 0 aromatic carbocycles. The smallest absolute Gasteiger partial charge is 0.258 e. The maximum Gasteiger partial charge on any atom is 0.310 e. The number of nitrogens with zero attached hydrogens (tertiary/aromatic N) is 3. The number of nitriles is 1. The van der Waals surface area contributed by atoms with E-state index in [1.165, 1.54) is 6.20 Å². The lowest BCUT2D eigenvalue weighted by molar-refractivity contribution is -0.385. The molecule has 5 nitrogen and oxygen atoms in total. The molecule has 0 aliphatic carbocycles. The number of halogens is 1. The Kier molecular flexibility index (Phi) is 3.82. The molecule has 0 atom stereocenters. The molecular formula is C10H6ClN3O2. The molecule has 0 radical (unpaired) electrons. The van der Waals surface area contributed by atoms with Gasteiger partial charge in [-0.2, -0.15) is 5.26 Å². The highest BCUT2D eigenvalue weighted by molar-refractivity contribution is 6.31. The van der Waals surface area contributed by atoms with Crippen molar-refractivity contribution in [3.63, 3.8) is 0 Å². The molecule has 0 aliphatic heterocycles. The fraction of sp³-hybridized carbons (Fsp3) is 0.200. The molecule has 0 unspecified atom stereocenters. The van der Waals surface area contributed by atoms with Gasteiger partial charge < -0.3 is 0 Å². The van der Waals surface area contributed by atoms with E-state index in [-0.39, 0.29) is 17.3 Å². The van der Waals surface area contributed by atoms with Gasteiger partial charge in [0.05, 0.1) is 23.0 Å². The van der Waals surface area contributed by atoms with Crippen LogP contribution in [0.15, 0.2) is 6.20 Å². The SMILES string of the molecule is Cc1c(C#CCC#N)cnc(Cl)c1[N+](=O)[O-]. The maximum absolute atomic E-state index is 10.7. The molecule has 0 spiro atoms. The van der Waals surface area contributed by atoms with Crippen LogP contribution in [-0.4, -0.2) is 9.91 Å². The molecule has 6 heteroatoms. The second-order valence-electron chi connectivity index (χ2n) is 2.83. The van der Waals surface area contributed by atoms with Gasteiger partial charge >= 0.3 is 5.69 Å². The minimum absolute atomic E-state index is 0.0653. The average Bonchev–Trinajstić information content (AvgIpc) is 2.21.